The third-order valence-electron chi connectivity index (χ3n) is 3.89. The molecule has 0 spiro atoms. The lowest BCUT2D eigenvalue weighted by molar-refractivity contribution is 0.102. The Bertz CT molecular complexity index is 582. The van der Waals surface area contributed by atoms with Crippen molar-refractivity contribution >= 4 is 15.8 Å². The molecule has 0 radical (unpaired) electrons. The van der Waals surface area contributed by atoms with Gasteiger partial charge in [-0.3, -0.25) is 4.68 Å². The zero-order valence-corrected chi connectivity index (χ0v) is 12.7. The van der Waals surface area contributed by atoms with E-state index in [2.05, 4.69) is 9.82 Å². The van der Waals surface area contributed by atoms with Crippen LogP contribution in [-0.2, 0) is 17.1 Å². The number of aliphatic hydroxyl groups excluding tert-OH is 1. The molecule has 0 aliphatic heterocycles. The molecule has 8 heteroatoms. The number of aliphatic hydroxyl groups is 1. The molecule has 2 atom stereocenters. The summed E-state index contributed by atoms with van der Waals surface area (Å²) >= 11 is 0. The summed E-state index contributed by atoms with van der Waals surface area (Å²) in [6, 6.07) is 0. The average molecular weight is 302 g/mol. The van der Waals surface area contributed by atoms with E-state index in [4.69, 9.17) is 5.73 Å². The van der Waals surface area contributed by atoms with E-state index in [1.165, 1.54) is 4.68 Å². The van der Waals surface area contributed by atoms with Crippen molar-refractivity contribution in [3.63, 3.8) is 0 Å². The minimum Gasteiger partial charge on any atom is -0.393 e. The van der Waals surface area contributed by atoms with Crippen molar-refractivity contribution in [2.75, 3.05) is 12.3 Å². The summed E-state index contributed by atoms with van der Waals surface area (Å²) in [5, 5.41) is 13.5. The monoisotopic (exact) mass is 302 g/mol. The first-order valence-corrected chi connectivity index (χ1v) is 8.26. The predicted molar refractivity (Wildman–Crippen MR) is 75.5 cm³/mol. The molecule has 1 aliphatic rings. The van der Waals surface area contributed by atoms with Crippen LogP contribution in [0.2, 0.25) is 0 Å². The van der Waals surface area contributed by atoms with E-state index in [-0.39, 0.29) is 22.7 Å². The number of nitrogens with one attached hydrogen (secondary N) is 1. The second kappa shape index (κ2) is 5.71. The lowest BCUT2D eigenvalue weighted by Gasteiger charge is -2.25. The van der Waals surface area contributed by atoms with Crippen LogP contribution in [0.4, 0.5) is 5.82 Å². The van der Waals surface area contributed by atoms with Gasteiger partial charge in [0.2, 0.25) is 10.0 Å². The molecule has 2 unspecified atom stereocenters. The lowest BCUT2D eigenvalue weighted by atomic mass is 9.87. The molecular formula is C12H22N4O3S. The molecule has 7 nitrogen and oxygen atoms in total. The fraction of sp³-hybridized carbons (Fsp3) is 0.750. The Morgan fingerprint density at radius 2 is 2.20 bits per heavy atom. The summed E-state index contributed by atoms with van der Waals surface area (Å²) in [4.78, 5) is 0.0522. The van der Waals surface area contributed by atoms with Crippen LogP contribution >= 0.6 is 0 Å². The second-order valence-corrected chi connectivity index (χ2v) is 7.17. The summed E-state index contributed by atoms with van der Waals surface area (Å²) in [6.07, 6.45) is 2.99. The number of rotatable bonds is 4. The van der Waals surface area contributed by atoms with Gasteiger partial charge in [-0.05, 0) is 32.1 Å². The molecule has 0 amide bonds. The molecule has 20 heavy (non-hydrogen) atoms. The van der Waals surface area contributed by atoms with Crippen LogP contribution in [0.3, 0.4) is 0 Å². The molecule has 4 N–H and O–H groups in total. The Morgan fingerprint density at radius 1 is 1.50 bits per heavy atom. The highest BCUT2D eigenvalue weighted by Crippen LogP contribution is 2.25. The van der Waals surface area contributed by atoms with Crippen molar-refractivity contribution < 1.29 is 13.5 Å². The fourth-order valence-corrected chi connectivity index (χ4v) is 4.13. The van der Waals surface area contributed by atoms with Crippen molar-refractivity contribution in [1.29, 1.82) is 0 Å². The highest BCUT2D eigenvalue weighted by atomic mass is 32.2. The number of anilines is 1. The van der Waals surface area contributed by atoms with Crippen LogP contribution < -0.4 is 10.5 Å². The van der Waals surface area contributed by atoms with Gasteiger partial charge in [0.1, 0.15) is 4.90 Å². The van der Waals surface area contributed by atoms with Crippen LogP contribution in [0.5, 0.6) is 0 Å². The molecule has 1 aliphatic carbocycles. The van der Waals surface area contributed by atoms with E-state index in [9.17, 15) is 13.5 Å². The number of aryl methyl sites for hydroxylation is 1. The Kier molecular flexibility index (Phi) is 4.36. The largest absolute Gasteiger partial charge is 0.393 e. The van der Waals surface area contributed by atoms with Crippen LogP contribution in [0.1, 0.15) is 31.4 Å². The summed E-state index contributed by atoms with van der Waals surface area (Å²) < 4.78 is 28.6. The maximum atomic E-state index is 12.3. The van der Waals surface area contributed by atoms with Gasteiger partial charge >= 0.3 is 0 Å². The number of hydrogen-bond donors (Lipinski definition) is 3. The number of nitrogens with two attached hydrogens (primary N) is 1. The van der Waals surface area contributed by atoms with E-state index in [0.29, 0.717) is 18.7 Å². The van der Waals surface area contributed by atoms with Crippen LogP contribution in [0.25, 0.3) is 0 Å². The summed E-state index contributed by atoms with van der Waals surface area (Å²) in [5.41, 5.74) is 6.18. The molecule has 1 aromatic rings. The van der Waals surface area contributed by atoms with Crippen molar-refractivity contribution in [1.82, 2.24) is 14.5 Å². The number of nitrogens with zero attached hydrogens (tertiary/aromatic N) is 2. The normalized spacial score (nSPS) is 23.9. The number of aromatic nitrogens is 2. The van der Waals surface area contributed by atoms with Crippen LogP contribution in [0.15, 0.2) is 4.90 Å². The zero-order valence-electron chi connectivity index (χ0n) is 11.8. The molecule has 114 valence electrons. The quantitative estimate of drug-likeness (QED) is 0.733. The molecule has 0 aromatic carbocycles. The Balaban J connectivity index is 2.08. The van der Waals surface area contributed by atoms with Gasteiger partial charge in [0.25, 0.3) is 0 Å². The highest BCUT2D eigenvalue weighted by Gasteiger charge is 2.27. The van der Waals surface area contributed by atoms with Gasteiger partial charge < -0.3 is 10.8 Å². The van der Waals surface area contributed by atoms with Gasteiger partial charge in [0, 0.05) is 13.6 Å². The molecule has 1 heterocycles. The molecule has 1 aromatic heterocycles. The maximum Gasteiger partial charge on any atom is 0.246 e. The van der Waals surface area contributed by atoms with Gasteiger partial charge in [0.15, 0.2) is 5.82 Å². The zero-order chi connectivity index (χ0) is 14.9. The van der Waals surface area contributed by atoms with E-state index in [1.807, 2.05) is 0 Å². The first kappa shape index (κ1) is 15.3. The summed E-state index contributed by atoms with van der Waals surface area (Å²) in [5.74, 6) is 0.188. The molecular weight excluding hydrogens is 280 g/mol. The Labute approximate surface area is 119 Å². The van der Waals surface area contributed by atoms with Crippen LogP contribution in [-0.4, -0.2) is 36.0 Å². The predicted octanol–water partition coefficient (Wildman–Crippen LogP) is 0.140. The molecule has 0 saturated heterocycles. The van der Waals surface area contributed by atoms with E-state index >= 15 is 0 Å². The van der Waals surface area contributed by atoms with Crippen molar-refractivity contribution in [3.8, 4) is 0 Å². The van der Waals surface area contributed by atoms with Gasteiger partial charge in [-0.1, -0.05) is 6.42 Å². The topological polar surface area (TPSA) is 110 Å². The van der Waals surface area contributed by atoms with E-state index in [0.717, 1.165) is 19.3 Å². The summed E-state index contributed by atoms with van der Waals surface area (Å²) in [7, 11) is -2.00. The van der Waals surface area contributed by atoms with Crippen molar-refractivity contribution in [2.24, 2.45) is 13.0 Å². The highest BCUT2D eigenvalue weighted by molar-refractivity contribution is 7.89. The number of sulfonamides is 1. The number of hydrogen-bond acceptors (Lipinski definition) is 5. The summed E-state index contributed by atoms with van der Waals surface area (Å²) in [6.45, 7) is 2.00. The SMILES string of the molecule is Cc1c(S(=O)(=O)NCC2CCCC(O)C2)c(N)nn1C. The maximum absolute atomic E-state index is 12.3. The second-order valence-electron chi connectivity index (χ2n) is 5.46. The molecule has 1 saturated carbocycles. The third-order valence-corrected chi connectivity index (χ3v) is 5.48. The van der Waals surface area contributed by atoms with E-state index in [1.54, 1.807) is 14.0 Å². The molecule has 2 rings (SSSR count). The Morgan fingerprint density at radius 3 is 2.75 bits per heavy atom. The molecule has 0 bridgehead atoms. The van der Waals surface area contributed by atoms with Crippen LogP contribution in [0, 0.1) is 12.8 Å². The van der Waals surface area contributed by atoms with Crippen molar-refractivity contribution in [3.05, 3.63) is 5.69 Å². The lowest BCUT2D eigenvalue weighted by Crippen LogP contribution is -2.33. The Hall–Kier alpha value is -1.12. The fourth-order valence-electron chi connectivity index (χ4n) is 2.69. The first-order valence-electron chi connectivity index (χ1n) is 6.78. The van der Waals surface area contributed by atoms with Gasteiger partial charge in [0.05, 0.1) is 11.8 Å². The minimum absolute atomic E-state index is 0.0150. The third kappa shape index (κ3) is 3.13. The smallest absolute Gasteiger partial charge is 0.246 e. The molecule has 1 fully saturated rings. The first-order chi connectivity index (χ1) is 9.31. The van der Waals surface area contributed by atoms with Gasteiger partial charge in [-0.25, -0.2) is 13.1 Å². The van der Waals surface area contributed by atoms with Gasteiger partial charge in [-0.15, -0.1) is 0 Å². The van der Waals surface area contributed by atoms with E-state index < -0.39 is 10.0 Å². The minimum atomic E-state index is -3.66. The average Bonchev–Trinajstić information content (AvgIpc) is 2.61. The number of nitrogen functional groups attached to an aromatic ring is 1. The standard InChI is InChI=1S/C12H22N4O3S/c1-8-11(12(13)15-16(8)2)20(18,19)14-7-9-4-3-5-10(17)6-9/h9-10,14,17H,3-7H2,1-2H3,(H2,13,15). The van der Waals surface area contributed by atoms with Gasteiger partial charge in [-0.2, -0.15) is 5.10 Å². The van der Waals surface area contributed by atoms with Crippen molar-refractivity contribution in [2.45, 2.75) is 43.6 Å².